The first kappa shape index (κ1) is 5.08. The summed E-state index contributed by atoms with van der Waals surface area (Å²) in [5, 5.41) is 0. The lowest BCUT2D eigenvalue weighted by Crippen LogP contribution is -1.89. The normalized spacial score (nSPS) is 9.33. The fourth-order valence-electron chi connectivity index (χ4n) is 0.124. The van der Waals surface area contributed by atoms with Crippen molar-refractivity contribution in [3.8, 4) is 0 Å². The van der Waals surface area contributed by atoms with E-state index in [1.54, 1.807) is 0 Å². The average Bonchev–Trinajstić information content (AvgIpc) is 1.35. The van der Waals surface area contributed by atoms with Gasteiger partial charge < -0.3 is 11.5 Å². The molecule has 0 saturated heterocycles. The van der Waals surface area contributed by atoms with Crippen molar-refractivity contribution >= 4 is 0 Å². The van der Waals surface area contributed by atoms with Crippen molar-refractivity contribution in [2.24, 2.45) is 11.5 Å². The molecule has 0 atom stereocenters. The predicted octanol–water partition coefficient (Wildman–Crippen LogP) is -0.0688. The van der Waals surface area contributed by atoms with Gasteiger partial charge in [-0.3, -0.25) is 0 Å². The van der Waals surface area contributed by atoms with Crippen LogP contribution in [0.5, 0.6) is 0 Å². The van der Waals surface area contributed by atoms with Crippen LogP contribution in [0.25, 0.3) is 0 Å². The molecule has 0 radical (unpaired) electrons. The van der Waals surface area contributed by atoms with Crippen molar-refractivity contribution < 1.29 is 0 Å². The van der Waals surface area contributed by atoms with Crippen LogP contribution in [0.15, 0.2) is 24.6 Å². The number of hydrogen-bond donors (Lipinski definition) is 2. The van der Waals surface area contributed by atoms with Crippen molar-refractivity contribution in [3.05, 3.63) is 24.6 Å². The second-order valence-electron chi connectivity index (χ2n) is 0.934. The third kappa shape index (κ3) is 3.08. The van der Waals surface area contributed by atoms with Gasteiger partial charge in [0, 0.05) is 5.70 Å². The first-order chi connectivity index (χ1) is 2.77. The SMILES string of the molecule is C=C(N)C=CN. The number of hydrogen-bond acceptors (Lipinski definition) is 2. The van der Waals surface area contributed by atoms with E-state index in [0.29, 0.717) is 5.70 Å². The summed E-state index contributed by atoms with van der Waals surface area (Å²) in [5.74, 6) is 0. The molecule has 2 nitrogen and oxygen atoms in total. The highest BCUT2D eigenvalue weighted by Gasteiger charge is 1.63. The maximum Gasteiger partial charge on any atom is 0.0255 e. The number of allylic oxidation sites excluding steroid dienone is 1. The van der Waals surface area contributed by atoms with Gasteiger partial charge in [0.2, 0.25) is 0 Å². The topological polar surface area (TPSA) is 52.0 Å². The zero-order chi connectivity index (χ0) is 4.99. The van der Waals surface area contributed by atoms with Crippen molar-refractivity contribution in [2.75, 3.05) is 0 Å². The van der Waals surface area contributed by atoms with Crippen LogP contribution in [0.3, 0.4) is 0 Å². The highest BCUT2D eigenvalue weighted by Crippen LogP contribution is 1.72. The van der Waals surface area contributed by atoms with Crippen LogP contribution in [-0.2, 0) is 0 Å². The van der Waals surface area contributed by atoms with Crippen molar-refractivity contribution in [2.45, 2.75) is 0 Å². The van der Waals surface area contributed by atoms with Gasteiger partial charge in [-0.15, -0.1) is 0 Å². The molecule has 4 N–H and O–H groups in total. The van der Waals surface area contributed by atoms with Gasteiger partial charge in [-0.25, -0.2) is 0 Å². The van der Waals surface area contributed by atoms with Crippen molar-refractivity contribution in [1.29, 1.82) is 0 Å². The summed E-state index contributed by atoms with van der Waals surface area (Å²) in [7, 11) is 0. The number of rotatable bonds is 1. The monoisotopic (exact) mass is 84.1 g/mol. The van der Waals surface area contributed by atoms with Gasteiger partial charge in [-0.1, -0.05) is 6.58 Å². The Hall–Kier alpha value is -0.920. The molecule has 2 heteroatoms. The largest absolute Gasteiger partial charge is 0.405 e. The molecule has 0 aromatic carbocycles. The van der Waals surface area contributed by atoms with E-state index >= 15 is 0 Å². The van der Waals surface area contributed by atoms with Crippen molar-refractivity contribution in [1.82, 2.24) is 0 Å². The minimum absolute atomic E-state index is 0.484. The Morgan fingerprint density at radius 2 is 2.17 bits per heavy atom. The Bertz CT molecular complexity index is 73.6. The molecule has 0 fully saturated rings. The third-order valence-electron chi connectivity index (χ3n) is 0.310. The van der Waals surface area contributed by atoms with Crippen LogP contribution in [0, 0.1) is 0 Å². The Balaban J connectivity index is 3.30. The van der Waals surface area contributed by atoms with Gasteiger partial charge in [0.15, 0.2) is 0 Å². The molecule has 0 aliphatic heterocycles. The number of nitrogens with two attached hydrogens (primary N) is 2. The summed E-state index contributed by atoms with van der Waals surface area (Å²) in [6, 6.07) is 0. The molecule has 0 amide bonds. The molecule has 0 heterocycles. The Kier molecular flexibility index (Phi) is 1.97. The molecule has 0 bridgehead atoms. The molecule has 0 aliphatic carbocycles. The van der Waals surface area contributed by atoms with Crippen molar-refractivity contribution in [3.63, 3.8) is 0 Å². The summed E-state index contributed by atoms with van der Waals surface area (Å²) >= 11 is 0. The lowest BCUT2D eigenvalue weighted by Gasteiger charge is -1.78. The van der Waals surface area contributed by atoms with Crippen LogP contribution in [-0.4, -0.2) is 0 Å². The van der Waals surface area contributed by atoms with Gasteiger partial charge >= 0.3 is 0 Å². The highest BCUT2D eigenvalue weighted by atomic mass is 14.6. The Labute approximate surface area is 37.1 Å². The molecule has 6 heavy (non-hydrogen) atoms. The van der Waals surface area contributed by atoms with Crippen LogP contribution in [0.1, 0.15) is 0 Å². The molecule has 0 aliphatic rings. The molecule has 0 saturated carbocycles. The summed E-state index contributed by atoms with van der Waals surface area (Å²) < 4.78 is 0. The average molecular weight is 84.1 g/mol. The lowest BCUT2D eigenvalue weighted by atomic mass is 10.5. The second-order valence-corrected chi connectivity index (χ2v) is 0.934. The van der Waals surface area contributed by atoms with Crippen LogP contribution in [0.4, 0.5) is 0 Å². The molecule has 0 aromatic rings. The summed E-state index contributed by atoms with van der Waals surface area (Å²) in [5.41, 5.74) is 10.4. The van der Waals surface area contributed by atoms with E-state index in [9.17, 15) is 0 Å². The van der Waals surface area contributed by atoms with Crippen LogP contribution < -0.4 is 11.5 Å². The smallest absolute Gasteiger partial charge is 0.0255 e. The molecule has 34 valence electrons. The quantitative estimate of drug-likeness (QED) is 0.437. The van der Waals surface area contributed by atoms with E-state index in [4.69, 9.17) is 11.5 Å². The first-order valence-electron chi connectivity index (χ1n) is 1.60. The van der Waals surface area contributed by atoms with Gasteiger partial charge in [0.05, 0.1) is 0 Å². The second kappa shape index (κ2) is 2.33. The van der Waals surface area contributed by atoms with E-state index in [1.807, 2.05) is 0 Å². The summed E-state index contributed by atoms with van der Waals surface area (Å²) in [4.78, 5) is 0. The van der Waals surface area contributed by atoms with E-state index in [1.165, 1.54) is 12.3 Å². The predicted molar refractivity (Wildman–Crippen MR) is 26.7 cm³/mol. The maximum atomic E-state index is 5.04. The standard InChI is InChI=1S/C4H8N2/c1-4(6)2-3-5/h2-3H,1,5-6H2. The Morgan fingerprint density at radius 3 is 2.17 bits per heavy atom. The van der Waals surface area contributed by atoms with Gasteiger partial charge in [-0.2, -0.15) is 0 Å². The molecule has 0 aromatic heterocycles. The molecule has 0 spiro atoms. The maximum absolute atomic E-state index is 5.04. The van der Waals surface area contributed by atoms with Crippen LogP contribution in [0.2, 0.25) is 0 Å². The minimum atomic E-state index is 0.484. The van der Waals surface area contributed by atoms with Gasteiger partial charge in [-0.05, 0) is 12.3 Å². The van der Waals surface area contributed by atoms with Gasteiger partial charge in [0.1, 0.15) is 0 Å². The fraction of sp³-hybridized carbons (Fsp3) is 0. The van der Waals surface area contributed by atoms with E-state index in [-0.39, 0.29) is 0 Å². The van der Waals surface area contributed by atoms with E-state index < -0.39 is 0 Å². The van der Waals surface area contributed by atoms with E-state index in [0.717, 1.165) is 0 Å². The summed E-state index contributed by atoms with van der Waals surface area (Å²) in [6.45, 7) is 3.36. The zero-order valence-electron chi connectivity index (χ0n) is 3.52. The summed E-state index contributed by atoms with van der Waals surface area (Å²) in [6.07, 6.45) is 2.88. The molecular formula is C4H8N2. The Morgan fingerprint density at radius 1 is 1.67 bits per heavy atom. The van der Waals surface area contributed by atoms with Gasteiger partial charge in [0.25, 0.3) is 0 Å². The lowest BCUT2D eigenvalue weighted by molar-refractivity contribution is 1.43. The molecule has 0 unspecified atom stereocenters. The first-order valence-corrected chi connectivity index (χ1v) is 1.60. The molecular weight excluding hydrogens is 76.1 g/mol. The zero-order valence-corrected chi connectivity index (χ0v) is 3.52. The molecule has 0 rings (SSSR count). The highest BCUT2D eigenvalue weighted by molar-refractivity contribution is 5.07. The third-order valence-corrected chi connectivity index (χ3v) is 0.310. The minimum Gasteiger partial charge on any atom is -0.405 e. The fourth-order valence-corrected chi connectivity index (χ4v) is 0.124. The van der Waals surface area contributed by atoms with E-state index in [2.05, 4.69) is 6.58 Å². The van der Waals surface area contributed by atoms with Crippen LogP contribution >= 0.6 is 0 Å².